The number of hydrogen-bond acceptors (Lipinski definition) is 3. The lowest BCUT2D eigenvalue weighted by atomic mass is 9.98. The zero-order valence-electron chi connectivity index (χ0n) is 12.3. The summed E-state index contributed by atoms with van der Waals surface area (Å²) in [5, 5.41) is 9.77. The molecule has 1 fully saturated rings. The summed E-state index contributed by atoms with van der Waals surface area (Å²) in [4.78, 5) is 26.0. The molecular formula is C16H20ClNO3S. The third-order valence-corrected chi connectivity index (χ3v) is 5.09. The third-order valence-electron chi connectivity index (χ3n) is 3.74. The Labute approximate surface area is 139 Å². The minimum atomic E-state index is -0.796. The first-order chi connectivity index (χ1) is 10.6. The highest BCUT2D eigenvalue weighted by atomic mass is 35.5. The molecule has 22 heavy (non-hydrogen) atoms. The monoisotopic (exact) mass is 341 g/mol. The smallest absolute Gasteiger partial charge is 0.308 e. The Kier molecular flexibility index (Phi) is 6.58. The highest BCUT2D eigenvalue weighted by Gasteiger charge is 2.27. The summed E-state index contributed by atoms with van der Waals surface area (Å²) in [5.41, 5.74) is 0. The highest BCUT2D eigenvalue weighted by molar-refractivity contribution is 7.99. The molecule has 1 heterocycles. The molecule has 0 aromatic heterocycles. The minimum Gasteiger partial charge on any atom is -0.481 e. The summed E-state index contributed by atoms with van der Waals surface area (Å²) < 4.78 is 0. The van der Waals surface area contributed by atoms with Crippen LogP contribution in [0.25, 0.3) is 0 Å². The van der Waals surface area contributed by atoms with E-state index in [-0.39, 0.29) is 5.91 Å². The molecule has 1 aromatic carbocycles. The van der Waals surface area contributed by atoms with Gasteiger partial charge in [-0.1, -0.05) is 11.6 Å². The zero-order valence-corrected chi connectivity index (χ0v) is 13.9. The summed E-state index contributed by atoms with van der Waals surface area (Å²) in [6, 6.07) is 7.65. The number of carboxylic acids is 1. The second-order valence-corrected chi connectivity index (χ2v) is 7.03. The van der Waals surface area contributed by atoms with Gasteiger partial charge >= 0.3 is 5.97 Å². The first-order valence-electron chi connectivity index (χ1n) is 7.45. The Morgan fingerprint density at radius 3 is 2.73 bits per heavy atom. The van der Waals surface area contributed by atoms with Crippen LogP contribution in [0.5, 0.6) is 0 Å². The van der Waals surface area contributed by atoms with Crippen LogP contribution in [0.1, 0.15) is 25.7 Å². The molecule has 1 atom stereocenters. The van der Waals surface area contributed by atoms with Crippen molar-refractivity contribution in [3.8, 4) is 0 Å². The van der Waals surface area contributed by atoms with E-state index in [1.54, 1.807) is 16.7 Å². The summed E-state index contributed by atoms with van der Waals surface area (Å²) in [6.07, 6.45) is 2.72. The van der Waals surface area contributed by atoms with E-state index in [1.165, 1.54) is 0 Å². The molecule has 1 aliphatic rings. The van der Waals surface area contributed by atoms with Crippen LogP contribution in [0.15, 0.2) is 29.2 Å². The van der Waals surface area contributed by atoms with Crippen LogP contribution in [-0.2, 0) is 9.59 Å². The lowest BCUT2D eigenvalue weighted by Crippen LogP contribution is -2.42. The van der Waals surface area contributed by atoms with Crippen molar-refractivity contribution < 1.29 is 14.7 Å². The van der Waals surface area contributed by atoms with E-state index in [9.17, 15) is 9.59 Å². The van der Waals surface area contributed by atoms with Gasteiger partial charge in [0, 0.05) is 29.4 Å². The molecule has 1 aromatic rings. The fraction of sp³-hybridized carbons (Fsp3) is 0.500. The van der Waals surface area contributed by atoms with Crippen LogP contribution in [0.2, 0.25) is 5.02 Å². The van der Waals surface area contributed by atoms with Crippen LogP contribution in [0, 0.1) is 5.92 Å². The molecule has 0 radical (unpaired) electrons. The summed E-state index contributed by atoms with van der Waals surface area (Å²) in [7, 11) is 0. The lowest BCUT2D eigenvalue weighted by molar-refractivity contribution is -0.145. The number of halogens is 1. The van der Waals surface area contributed by atoms with Gasteiger partial charge in [-0.05, 0) is 49.3 Å². The van der Waals surface area contributed by atoms with Gasteiger partial charge in [0.05, 0.1) is 5.92 Å². The van der Waals surface area contributed by atoms with Crippen LogP contribution < -0.4 is 0 Å². The number of benzene rings is 1. The zero-order chi connectivity index (χ0) is 15.9. The maximum Gasteiger partial charge on any atom is 0.308 e. The van der Waals surface area contributed by atoms with Gasteiger partial charge < -0.3 is 10.0 Å². The Bertz CT molecular complexity index is 521. The number of amides is 1. The molecule has 120 valence electrons. The van der Waals surface area contributed by atoms with Crippen molar-refractivity contribution in [2.75, 3.05) is 18.8 Å². The Balaban J connectivity index is 1.69. The number of nitrogens with zero attached hydrogens (tertiary/aromatic N) is 1. The number of thioether (sulfide) groups is 1. The van der Waals surface area contributed by atoms with Crippen molar-refractivity contribution in [1.29, 1.82) is 0 Å². The third kappa shape index (κ3) is 5.21. The summed E-state index contributed by atoms with van der Waals surface area (Å²) >= 11 is 7.53. The molecule has 6 heteroatoms. The van der Waals surface area contributed by atoms with Crippen molar-refractivity contribution >= 4 is 35.2 Å². The van der Waals surface area contributed by atoms with Crippen LogP contribution in [0.3, 0.4) is 0 Å². The van der Waals surface area contributed by atoms with Gasteiger partial charge in [-0.3, -0.25) is 9.59 Å². The molecule has 1 saturated heterocycles. The van der Waals surface area contributed by atoms with Gasteiger partial charge in [-0.2, -0.15) is 0 Å². The topological polar surface area (TPSA) is 57.6 Å². The number of carbonyl (C=O) groups is 2. The second-order valence-electron chi connectivity index (χ2n) is 5.42. The molecule has 1 unspecified atom stereocenters. The number of aliphatic carboxylic acids is 1. The molecule has 1 aliphatic heterocycles. The second kappa shape index (κ2) is 8.44. The fourth-order valence-corrected chi connectivity index (χ4v) is 3.49. The van der Waals surface area contributed by atoms with Crippen LogP contribution in [-0.4, -0.2) is 40.7 Å². The van der Waals surface area contributed by atoms with Crippen LogP contribution in [0.4, 0.5) is 0 Å². The molecule has 0 spiro atoms. The summed E-state index contributed by atoms with van der Waals surface area (Å²) in [6.45, 7) is 1.05. The summed E-state index contributed by atoms with van der Waals surface area (Å²) in [5.74, 6) is -0.261. The Morgan fingerprint density at radius 2 is 2.05 bits per heavy atom. The van der Waals surface area contributed by atoms with E-state index in [0.717, 1.165) is 28.5 Å². The minimum absolute atomic E-state index is 0.0719. The van der Waals surface area contributed by atoms with Gasteiger partial charge in [0.25, 0.3) is 0 Å². The molecule has 1 N–H and O–H groups in total. The molecule has 0 bridgehead atoms. The molecule has 0 saturated carbocycles. The van der Waals surface area contributed by atoms with Gasteiger partial charge in [-0.25, -0.2) is 0 Å². The molecule has 1 amide bonds. The van der Waals surface area contributed by atoms with Crippen LogP contribution >= 0.6 is 23.4 Å². The standard InChI is InChI=1S/C16H20ClNO3S/c17-13-5-7-14(8-6-13)22-10-2-4-15(19)18-9-1-3-12(11-18)16(20)21/h5-8,12H,1-4,9-11H2,(H,20,21). The number of hydrogen-bond donors (Lipinski definition) is 1. The van der Waals surface area contributed by atoms with E-state index >= 15 is 0 Å². The number of piperidine rings is 1. The predicted octanol–water partition coefficient (Wildman–Crippen LogP) is 3.54. The Morgan fingerprint density at radius 1 is 1.32 bits per heavy atom. The van der Waals surface area contributed by atoms with Crippen molar-refractivity contribution in [1.82, 2.24) is 4.90 Å². The number of carboxylic acid groups (broad SMARTS) is 1. The first kappa shape index (κ1) is 17.2. The number of carbonyl (C=O) groups excluding carboxylic acids is 1. The van der Waals surface area contributed by atoms with Crippen molar-refractivity contribution in [3.63, 3.8) is 0 Å². The van der Waals surface area contributed by atoms with E-state index in [4.69, 9.17) is 16.7 Å². The Hall–Kier alpha value is -1.20. The van der Waals surface area contributed by atoms with Gasteiger partial charge in [0.15, 0.2) is 0 Å². The first-order valence-corrected chi connectivity index (χ1v) is 8.81. The molecule has 0 aliphatic carbocycles. The number of likely N-dealkylation sites (tertiary alicyclic amines) is 1. The van der Waals surface area contributed by atoms with E-state index in [1.807, 2.05) is 24.3 Å². The quantitative estimate of drug-likeness (QED) is 0.635. The maximum atomic E-state index is 12.1. The van der Waals surface area contributed by atoms with Crippen molar-refractivity contribution in [2.45, 2.75) is 30.6 Å². The van der Waals surface area contributed by atoms with Crippen molar-refractivity contribution in [3.05, 3.63) is 29.3 Å². The average molecular weight is 342 g/mol. The maximum absolute atomic E-state index is 12.1. The molecule has 2 rings (SSSR count). The SMILES string of the molecule is O=C(O)C1CCCN(C(=O)CCCSc2ccc(Cl)cc2)C1. The number of rotatable bonds is 6. The molecular weight excluding hydrogens is 322 g/mol. The van der Waals surface area contributed by atoms with Crippen molar-refractivity contribution in [2.24, 2.45) is 5.92 Å². The predicted molar refractivity (Wildman–Crippen MR) is 88.3 cm³/mol. The normalized spacial score (nSPS) is 18.2. The fourth-order valence-electron chi connectivity index (χ4n) is 2.51. The van der Waals surface area contributed by atoms with Gasteiger partial charge in [-0.15, -0.1) is 11.8 Å². The van der Waals surface area contributed by atoms with E-state index in [0.29, 0.717) is 25.9 Å². The average Bonchev–Trinajstić information content (AvgIpc) is 2.53. The molecule has 4 nitrogen and oxygen atoms in total. The lowest BCUT2D eigenvalue weighted by Gasteiger charge is -2.30. The van der Waals surface area contributed by atoms with Gasteiger partial charge in [0.1, 0.15) is 0 Å². The highest BCUT2D eigenvalue weighted by Crippen LogP contribution is 2.22. The largest absolute Gasteiger partial charge is 0.481 e. The van der Waals surface area contributed by atoms with Gasteiger partial charge in [0.2, 0.25) is 5.91 Å². The van der Waals surface area contributed by atoms with E-state index in [2.05, 4.69) is 0 Å². The van der Waals surface area contributed by atoms with E-state index < -0.39 is 11.9 Å².